The highest BCUT2D eigenvalue weighted by Crippen LogP contribution is 2.15. The molecule has 0 heterocycles. The Morgan fingerprint density at radius 2 is 1.71 bits per heavy atom. The number of carbonyl (C=O) groups excluding carboxylic acids is 1. The summed E-state index contributed by atoms with van der Waals surface area (Å²) in [4.78, 5) is 24.1. The van der Waals surface area contributed by atoms with Crippen molar-refractivity contribution in [3.63, 3.8) is 0 Å². The number of rotatable bonds is 7. The van der Waals surface area contributed by atoms with E-state index in [1.165, 1.54) is 6.07 Å². The normalized spacial score (nSPS) is 13.0. The molecule has 0 saturated heterocycles. The van der Waals surface area contributed by atoms with Crippen LogP contribution in [0.5, 0.6) is 0 Å². The van der Waals surface area contributed by atoms with E-state index in [1.54, 1.807) is 42.5 Å². The summed E-state index contributed by atoms with van der Waals surface area (Å²) in [5.41, 5.74) is 0.203. The maximum absolute atomic E-state index is 12.2. The summed E-state index contributed by atoms with van der Waals surface area (Å²) in [6.45, 7) is 0. The topological polar surface area (TPSA) is 83.5 Å². The minimum absolute atomic E-state index is 0.0486. The van der Waals surface area contributed by atoms with Crippen molar-refractivity contribution in [1.29, 1.82) is 0 Å². The Morgan fingerprint density at radius 3 is 2.33 bits per heavy atom. The van der Waals surface area contributed by atoms with E-state index in [0.29, 0.717) is 4.90 Å². The van der Waals surface area contributed by atoms with E-state index in [2.05, 4.69) is 5.32 Å². The van der Waals surface area contributed by atoms with E-state index in [0.717, 1.165) is 0 Å². The number of hydrogen-bond acceptors (Lipinski definition) is 3. The zero-order valence-corrected chi connectivity index (χ0v) is 14.2. The number of carboxylic acids is 1. The zero-order valence-electron chi connectivity index (χ0n) is 12.6. The Balaban J connectivity index is 2.00. The van der Waals surface area contributed by atoms with Gasteiger partial charge in [-0.2, -0.15) is 0 Å². The summed E-state index contributed by atoms with van der Waals surface area (Å²) in [6.07, 6.45) is 0.0486. The lowest BCUT2D eigenvalue weighted by atomic mass is 10.1. The summed E-state index contributed by atoms with van der Waals surface area (Å²) in [5, 5.41) is 11.9. The average molecular weight is 366 g/mol. The van der Waals surface area contributed by atoms with Crippen LogP contribution in [0.3, 0.4) is 0 Å². The molecule has 7 heteroatoms. The van der Waals surface area contributed by atoms with Gasteiger partial charge in [-0.25, -0.2) is 4.79 Å². The molecule has 126 valence electrons. The Labute approximate surface area is 147 Å². The van der Waals surface area contributed by atoms with Crippen molar-refractivity contribution >= 4 is 34.3 Å². The van der Waals surface area contributed by atoms with Crippen molar-refractivity contribution in [2.24, 2.45) is 0 Å². The molecule has 0 aliphatic rings. The number of aliphatic carboxylic acids is 1. The average Bonchev–Trinajstić information content (AvgIpc) is 2.59. The van der Waals surface area contributed by atoms with Crippen molar-refractivity contribution in [3.05, 3.63) is 65.2 Å². The fourth-order valence-corrected chi connectivity index (χ4v) is 3.42. The molecule has 2 aromatic carbocycles. The van der Waals surface area contributed by atoms with Gasteiger partial charge in [0.1, 0.15) is 6.04 Å². The molecule has 2 N–H and O–H groups in total. The van der Waals surface area contributed by atoms with Crippen LogP contribution in [-0.2, 0) is 15.6 Å². The lowest BCUT2D eigenvalue weighted by Gasteiger charge is -2.15. The van der Waals surface area contributed by atoms with Crippen molar-refractivity contribution in [3.8, 4) is 0 Å². The van der Waals surface area contributed by atoms with Crippen LogP contribution in [0.2, 0.25) is 5.02 Å². The first kappa shape index (κ1) is 18.2. The summed E-state index contributed by atoms with van der Waals surface area (Å²) in [6, 6.07) is 14.0. The van der Waals surface area contributed by atoms with Crippen molar-refractivity contribution in [2.75, 3.05) is 5.75 Å². The van der Waals surface area contributed by atoms with Crippen LogP contribution in [-0.4, -0.2) is 33.0 Å². The van der Waals surface area contributed by atoms with Crippen LogP contribution in [0.25, 0.3) is 0 Å². The van der Waals surface area contributed by atoms with Gasteiger partial charge in [0.2, 0.25) is 0 Å². The van der Waals surface area contributed by atoms with E-state index in [1.807, 2.05) is 6.07 Å². The van der Waals surface area contributed by atoms with Crippen LogP contribution in [0.4, 0.5) is 0 Å². The molecule has 0 spiro atoms. The Kier molecular flexibility index (Phi) is 6.52. The maximum atomic E-state index is 12.2. The van der Waals surface area contributed by atoms with Crippen molar-refractivity contribution < 1.29 is 18.9 Å². The number of carbonyl (C=O) groups is 2. The first-order valence-corrected chi connectivity index (χ1v) is 8.90. The van der Waals surface area contributed by atoms with Gasteiger partial charge in [-0.15, -0.1) is 0 Å². The number of carboxylic acid groups (broad SMARTS) is 1. The van der Waals surface area contributed by atoms with E-state index >= 15 is 0 Å². The molecule has 1 amide bonds. The molecule has 0 saturated carbocycles. The molecule has 0 unspecified atom stereocenters. The summed E-state index contributed by atoms with van der Waals surface area (Å²) in [5.74, 6) is -1.62. The van der Waals surface area contributed by atoms with Gasteiger partial charge in [0.15, 0.2) is 0 Å². The number of nitrogens with one attached hydrogen (secondary N) is 1. The molecule has 0 aliphatic heterocycles. The summed E-state index contributed by atoms with van der Waals surface area (Å²) in [7, 11) is -1.32. The summed E-state index contributed by atoms with van der Waals surface area (Å²) < 4.78 is 12.2. The monoisotopic (exact) mass is 365 g/mol. The zero-order chi connectivity index (χ0) is 17.5. The van der Waals surface area contributed by atoms with Crippen molar-refractivity contribution in [1.82, 2.24) is 5.32 Å². The largest absolute Gasteiger partial charge is 0.480 e. The molecule has 0 radical (unpaired) electrons. The predicted molar refractivity (Wildman–Crippen MR) is 92.7 cm³/mol. The van der Waals surface area contributed by atoms with Crippen LogP contribution in [0, 0.1) is 0 Å². The Morgan fingerprint density at radius 1 is 1.08 bits per heavy atom. The molecular formula is C17H16ClNO4S. The lowest BCUT2D eigenvalue weighted by molar-refractivity contribution is -0.139. The molecule has 5 nitrogen and oxygen atoms in total. The fraction of sp³-hybridized carbons (Fsp3) is 0.176. The molecule has 0 bridgehead atoms. The second kappa shape index (κ2) is 8.61. The molecule has 24 heavy (non-hydrogen) atoms. The SMILES string of the molecule is O=C(N[C@@H](CC[S@](=O)c1ccccc1)C(=O)O)c1ccccc1Cl. The first-order valence-electron chi connectivity index (χ1n) is 7.20. The number of halogens is 1. The molecule has 2 rings (SSSR count). The van der Waals surface area contributed by atoms with Gasteiger partial charge in [0, 0.05) is 10.6 Å². The predicted octanol–water partition coefficient (Wildman–Crippen LogP) is 2.72. The van der Waals surface area contributed by atoms with E-state index < -0.39 is 28.7 Å². The summed E-state index contributed by atoms with van der Waals surface area (Å²) >= 11 is 5.93. The van der Waals surface area contributed by atoms with Crippen LogP contribution >= 0.6 is 11.6 Å². The molecule has 2 aromatic rings. The molecule has 0 aromatic heterocycles. The van der Waals surface area contributed by atoms with Gasteiger partial charge in [-0.3, -0.25) is 9.00 Å². The van der Waals surface area contributed by atoms with Crippen LogP contribution < -0.4 is 5.32 Å². The van der Waals surface area contributed by atoms with Crippen molar-refractivity contribution in [2.45, 2.75) is 17.4 Å². The van der Waals surface area contributed by atoms with Gasteiger partial charge >= 0.3 is 5.97 Å². The van der Waals surface area contributed by atoms with Gasteiger partial charge < -0.3 is 10.4 Å². The van der Waals surface area contributed by atoms with E-state index in [4.69, 9.17) is 11.6 Å². The van der Waals surface area contributed by atoms with Crippen LogP contribution in [0.15, 0.2) is 59.5 Å². The highest BCUT2D eigenvalue weighted by Gasteiger charge is 2.22. The number of hydrogen-bond donors (Lipinski definition) is 2. The molecular weight excluding hydrogens is 350 g/mol. The van der Waals surface area contributed by atoms with Crippen LogP contribution in [0.1, 0.15) is 16.8 Å². The second-order valence-corrected chi connectivity index (χ2v) is 6.97. The second-order valence-electron chi connectivity index (χ2n) is 5.00. The molecule has 2 atom stereocenters. The van der Waals surface area contributed by atoms with Gasteiger partial charge in [-0.1, -0.05) is 41.9 Å². The standard InChI is InChI=1S/C17H16ClNO4S/c18-14-9-5-4-8-13(14)16(20)19-15(17(21)22)10-11-24(23)12-6-2-1-3-7-12/h1-9,15H,10-11H2,(H,19,20)(H,21,22)/t15-,24-/m0/s1. The Bertz CT molecular complexity index is 751. The first-order chi connectivity index (χ1) is 11.5. The minimum atomic E-state index is -1.32. The quantitative estimate of drug-likeness (QED) is 0.790. The molecule has 0 aliphatic carbocycles. The highest BCUT2D eigenvalue weighted by molar-refractivity contribution is 7.85. The third kappa shape index (κ3) is 4.91. The van der Waals surface area contributed by atoms with Gasteiger partial charge in [0.25, 0.3) is 5.91 Å². The smallest absolute Gasteiger partial charge is 0.326 e. The third-order valence-electron chi connectivity index (χ3n) is 3.32. The number of amides is 1. The Hall–Kier alpha value is -2.18. The fourth-order valence-electron chi connectivity index (χ4n) is 2.05. The molecule has 0 fully saturated rings. The number of benzene rings is 2. The minimum Gasteiger partial charge on any atom is -0.480 e. The third-order valence-corrected chi connectivity index (χ3v) is 5.05. The van der Waals surface area contributed by atoms with E-state index in [9.17, 15) is 18.9 Å². The van der Waals surface area contributed by atoms with Gasteiger partial charge in [0.05, 0.1) is 21.4 Å². The van der Waals surface area contributed by atoms with Gasteiger partial charge in [-0.05, 0) is 30.7 Å². The highest BCUT2D eigenvalue weighted by atomic mass is 35.5. The lowest BCUT2D eigenvalue weighted by Crippen LogP contribution is -2.41. The maximum Gasteiger partial charge on any atom is 0.326 e. The van der Waals surface area contributed by atoms with E-state index in [-0.39, 0.29) is 22.8 Å².